The van der Waals surface area contributed by atoms with Crippen molar-refractivity contribution in [3.8, 4) is 0 Å². The standard InChI is InChI=1S/C24H28N2O6/c1-3-4-5-6-18-7-9-19(10-8-18)22(27)13-14-24(29)32-16-23(28)25-21-12-11-20(26(30)31)15-17(21)2/h7-12,15H,3-6,13-14,16H2,1-2H3,(H,25,28). The number of non-ortho nitro benzene ring substituents is 1. The quantitative estimate of drug-likeness (QED) is 0.167. The molecule has 0 aromatic heterocycles. The highest BCUT2D eigenvalue weighted by Crippen LogP contribution is 2.21. The lowest BCUT2D eigenvalue weighted by atomic mass is 10.0. The topological polar surface area (TPSA) is 116 Å². The second-order valence-electron chi connectivity index (χ2n) is 7.54. The highest BCUT2D eigenvalue weighted by Gasteiger charge is 2.14. The molecule has 0 radical (unpaired) electrons. The van der Waals surface area contributed by atoms with Crippen molar-refractivity contribution in [2.24, 2.45) is 0 Å². The zero-order valence-corrected chi connectivity index (χ0v) is 18.4. The summed E-state index contributed by atoms with van der Waals surface area (Å²) in [5.74, 6) is -1.38. The van der Waals surface area contributed by atoms with Crippen LogP contribution in [0.25, 0.3) is 0 Å². The van der Waals surface area contributed by atoms with Gasteiger partial charge in [-0.3, -0.25) is 24.5 Å². The molecular formula is C24H28N2O6. The number of aryl methyl sites for hydroxylation is 2. The Bertz CT molecular complexity index is 969. The normalized spacial score (nSPS) is 10.4. The second-order valence-corrected chi connectivity index (χ2v) is 7.54. The van der Waals surface area contributed by atoms with E-state index in [1.165, 1.54) is 30.2 Å². The molecule has 0 spiro atoms. The summed E-state index contributed by atoms with van der Waals surface area (Å²) in [5.41, 5.74) is 2.56. The van der Waals surface area contributed by atoms with Crippen LogP contribution in [0.15, 0.2) is 42.5 Å². The molecule has 0 fully saturated rings. The van der Waals surface area contributed by atoms with Crippen LogP contribution in [0.5, 0.6) is 0 Å². The number of nitro groups is 1. The minimum atomic E-state index is -0.648. The predicted molar refractivity (Wildman–Crippen MR) is 121 cm³/mol. The third kappa shape index (κ3) is 7.94. The van der Waals surface area contributed by atoms with Gasteiger partial charge in [-0.05, 0) is 37.0 Å². The fraction of sp³-hybridized carbons (Fsp3) is 0.375. The van der Waals surface area contributed by atoms with E-state index < -0.39 is 23.4 Å². The number of ketones is 1. The Kier molecular flexibility index (Phi) is 9.53. The molecule has 8 nitrogen and oxygen atoms in total. The molecule has 32 heavy (non-hydrogen) atoms. The van der Waals surface area contributed by atoms with Gasteiger partial charge >= 0.3 is 5.97 Å². The lowest BCUT2D eigenvalue weighted by Gasteiger charge is -2.09. The molecule has 2 aromatic rings. The van der Waals surface area contributed by atoms with Gasteiger partial charge in [0.05, 0.1) is 11.3 Å². The van der Waals surface area contributed by atoms with Crippen LogP contribution in [0.2, 0.25) is 0 Å². The molecule has 1 amide bonds. The monoisotopic (exact) mass is 440 g/mol. The summed E-state index contributed by atoms with van der Waals surface area (Å²) < 4.78 is 4.93. The molecule has 0 saturated carbocycles. The molecule has 1 N–H and O–H groups in total. The Hall–Kier alpha value is -3.55. The van der Waals surface area contributed by atoms with Gasteiger partial charge in [0.2, 0.25) is 0 Å². The van der Waals surface area contributed by atoms with Crippen LogP contribution < -0.4 is 5.32 Å². The Labute approximate surface area is 187 Å². The average molecular weight is 440 g/mol. The Morgan fingerprint density at radius 1 is 1.03 bits per heavy atom. The van der Waals surface area contributed by atoms with Gasteiger partial charge in [-0.2, -0.15) is 0 Å². The number of carbonyl (C=O) groups excluding carboxylic acids is 3. The first kappa shape index (κ1) is 24.7. The highest BCUT2D eigenvalue weighted by atomic mass is 16.6. The third-order valence-electron chi connectivity index (χ3n) is 4.96. The molecule has 0 unspecified atom stereocenters. The van der Waals surface area contributed by atoms with E-state index in [0.29, 0.717) is 16.8 Å². The molecule has 0 saturated heterocycles. The van der Waals surface area contributed by atoms with E-state index in [9.17, 15) is 24.5 Å². The summed E-state index contributed by atoms with van der Waals surface area (Å²) >= 11 is 0. The Morgan fingerprint density at radius 3 is 2.38 bits per heavy atom. The fourth-order valence-electron chi connectivity index (χ4n) is 3.10. The minimum Gasteiger partial charge on any atom is -0.456 e. The van der Waals surface area contributed by atoms with Crippen LogP contribution in [0.4, 0.5) is 11.4 Å². The molecule has 0 aliphatic rings. The van der Waals surface area contributed by atoms with Crippen LogP contribution >= 0.6 is 0 Å². The van der Waals surface area contributed by atoms with Crippen LogP contribution in [0.3, 0.4) is 0 Å². The maximum absolute atomic E-state index is 12.3. The van der Waals surface area contributed by atoms with Gasteiger partial charge in [-0.25, -0.2) is 0 Å². The first-order chi connectivity index (χ1) is 15.3. The molecular weight excluding hydrogens is 412 g/mol. The first-order valence-corrected chi connectivity index (χ1v) is 10.6. The molecule has 0 aliphatic heterocycles. The molecule has 8 heteroatoms. The number of rotatable bonds is 12. The van der Waals surface area contributed by atoms with Crippen molar-refractivity contribution in [1.29, 1.82) is 0 Å². The molecule has 2 rings (SSSR count). The molecule has 0 bridgehead atoms. The summed E-state index contributed by atoms with van der Waals surface area (Å²) in [5, 5.41) is 13.3. The molecule has 2 aromatic carbocycles. The largest absolute Gasteiger partial charge is 0.456 e. The van der Waals surface area contributed by atoms with E-state index in [4.69, 9.17) is 4.74 Å². The summed E-state index contributed by atoms with van der Waals surface area (Å²) in [6, 6.07) is 11.4. The number of unbranched alkanes of at least 4 members (excludes halogenated alkanes) is 2. The van der Waals surface area contributed by atoms with Gasteiger partial charge in [-0.15, -0.1) is 0 Å². The van der Waals surface area contributed by atoms with Crippen molar-refractivity contribution in [2.75, 3.05) is 11.9 Å². The maximum atomic E-state index is 12.3. The predicted octanol–water partition coefficient (Wildman–Crippen LogP) is 4.78. The van der Waals surface area contributed by atoms with Crippen LogP contribution in [-0.4, -0.2) is 29.2 Å². The van der Waals surface area contributed by atoms with Gasteiger partial charge < -0.3 is 10.1 Å². The lowest BCUT2D eigenvalue weighted by Crippen LogP contribution is -2.21. The van der Waals surface area contributed by atoms with E-state index in [1.807, 2.05) is 12.1 Å². The molecule has 0 aliphatic carbocycles. The number of hydrogen-bond acceptors (Lipinski definition) is 6. The SMILES string of the molecule is CCCCCc1ccc(C(=O)CCC(=O)OCC(=O)Nc2ccc([N+](=O)[O-])cc2C)cc1. The third-order valence-corrected chi connectivity index (χ3v) is 4.96. The van der Waals surface area contributed by atoms with Crippen molar-refractivity contribution in [3.63, 3.8) is 0 Å². The lowest BCUT2D eigenvalue weighted by molar-refractivity contribution is -0.384. The van der Waals surface area contributed by atoms with Crippen LogP contribution in [0.1, 0.15) is 60.5 Å². The van der Waals surface area contributed by atoms with Crippen molar-refractivity contribution < 1.29 is 24.0 Å². The highest BCUT2D eigenvalue weighted by molar-refractivity contribution is 5.98. The van der Waals surface area contributed by atoms with Crippen molar-refractivity contribution in [1.82, 2.24) is 0 Å². The number of nitro benzene ring substituents is 1. The first-order valence-electron chi connectivity index (χ1n) is 10.6. The number of ether oxygens (including phenoxy) is 1. The van der Waals surface area contributed by atoms with Gasteiger partial charge in [0.15, 0.2) is 12.4 Å². The zero-order valence-electron chi connectivity index (χ0n) is 18.4. The second kappa shape index (κ2) is 12.3. The van der Waals surface area contributed by atoms with Crippen LogP contribution in [-0.2, 0) is 20.7 Å². The Balaban J connectivity index is 1.74. The minimum absolute atomic E-state index is 0.00288. The van der Waals surface area contributed by atoms with E-state index >= 15 is 0 Å². The summed E-state index contributed by atoms with van der Waals surface area (Å²) in [6.45, 7) is 3.27. The fourth-order valence-corrected chi connectivity index (χ4v) is 3.10. The number of benzene rings is 2. The van der Waals surface area contributed by atoms with E-state index in [2.05, 4.69) is 12.2 Å². The molecule has 0 heterocycles. The van der Waals surface area contributed by atoms with Crippen molar-refractivity contribution in [3.05, 3.63) is 69.3 Å². The number of esters is 1. The van der Waals surface area contributed by atoms with Gasteiger partial charge in [-0.1, -0.05) is 44.0 Å². The molecule has 170 valence electrons. The van der Waals surface area contributed by atoms with Crippen molar-refractivity contribution in [2.45, 2.75) is 52.4 Å². The molecule has 0 atom stereocenters. The summed E-state index contributed by atoms with van der Waals surface area (Å²) in [6.07, 6.45) is 4.31. The summed E-state index contributed by atoms with van der Waals surface area (Å²) in [4.78, 5) is 46.4. The van der Waals surface area contributed by atoms with Crippen molar-refractivity contribution >= 4 is 29.0 Å². The van der Waals surface area contributed by atoms with Gasteiger partial charge in [0, 0.05) is 29.8 Å². The zero-order chi connectivity index (χ0) is 23.5. The average Bonchev–Trinajstić information content (AvgIpc) is 2.78. The van der Waals surface area contributed by atoms with Gasteiger partial charge in [0.1, 0.15) is 0 Å². The number of nitrogens with zero attached hydrogens (tertiary/aromatic N) is 1. The maximum Gasteiger partial charge on any atom is 0.306 e. The smallest absolute Gasteiger partial charge is 0.306 e. The van der Waals surface area contributed by atoms with Gasteiger partial charge in [0.25, 0.3) is 11.6 Å². The summed E-state index contributed by atoms with van der Waals surface area (Å²) in [7, 11) is 0. The number of carbonyl (C=O) groups is 3. The number of amides is 1. The number of nitrogens with one attached hydrogen (secondary N) is 1. The number of anilines is 1. The Morgan fingerprint density at radius 2 is 1.75 bits per heavy atom. The van der Waals surface area contributed by atoms with E-state index in [0.717, 1.165) is 19.3 Å². The number of hydrogen-bond donors (Lipinski definition) is 1. The van der Waals surface area contributed by atoms with Crippen LogP contribution in [0, 0.1) is 17.0 Å². The van der Waals surface area contributed by atoms with E-state index in [1.54, 1.807) is 19.1 Å². The number of Topliss-reactive ketones (excluding diaryl/α,β-unsaturated/α-hetero) is 1. The van der Waals surface area contributed by atoms with E-state index in [-0.39, 0.29) is 24.3 Å².